The molecule has 220 valence electrons. The first-order valence-electron chi connectivity index (χ1n) is 13.4. The minimum absolute atomic E-state index is 0.00123. The number of aliphatic carboxylic acids is 1. The van der Waals surface area contributed by atoms with E-state index in [9.17, 15) is 14.7 Å². The molecule has 0 spiro atoms. The first-order chi connectivity index (χ1) is 20.5. The SMILES string of the molecule is CC(C)(C)OC(=O)Nc1ccc(-c2nc(-c3ccc(CC(Nc4cc(-c5ccccc5)[nH]n4)C(=O)O)cc3F)no2)cc1. The fourth-order valence-corrected chi connectivity index (χ4v) is 4.21. The number of carbonyl (C=O) groups excluding carboxylic acids is 1. The van der Waals surface area contributed by atoms with Gasteiger partial charge in [-0.1, -0.05) is 41.6 Å². The summed E-state index contributed by atoms with van der Waals surface area (Å²) in [6.45, 7) is 5.31. The maximum absolute atomic E-state index is 15.1. The first-order valence-corrected chi connectivity index (χ1v) is 13.4. The number of carboxylic acid groups (broad SMARTS) is 1. The highest BCUT2D eigenvalue weighted by atomic mass is 19.1. The van der Waals surface area contributed by atoms with Gasteiger partial charge in [-0.2, -0.15) is 10.1 Å². The van der Waals surface area contributed by atoms with Crippen LogP contribution in [0.2, 0.25) is 0 Å². The van der Waals surface area contributed by atoms with Crippen LogP contribution in [-0.2, 0) is 16.0 Å². The Morgan fingerprint density at radius 3 is 2.44 bits per heavy atom. The number of nitrogens with zero attached hydrogens (tertiary/aromatic N) is 3. The molecule has 2 heterocycles. The molecule has 0 fully saturated rings. The van der Waals surface area contributed by atoms with Gasteiger partial charge in [0.15, 0.2) is 0 Å². The Morgan fingerprint density at radius 1 is 1.02 bits per heavy atom. The number of carbonyl (C=O) groups is 2. The van der Waals surface area contributed by atoms with Gasteiger partial charge in [-0.3, -0.25) is 10.4 Å². The summed E-state index contributed by atoms with van der Waals surface area (Å²) in [5.41, 5.74) is 2.64. The van der Waals surface area contributed by atoms with Crippen LogP contribution in [0, 0.1) is 5.82 Å². The predicted molar refractivity (Wildman–Crippen MR) is 158 cm³/mol. The molecular weight excluding hydrogens is 555 g/mol. The molecule has 4 N–H and O–H groups in total. The molecule has 1 amide bonds. The van der Waals surface area contributed by atoms with Gasteiger partial charge >= 0.3 is 12.1 Å². The summed E-state index contributed by atoms with van der Waals surface area (Å²) in [6, 6.07) is 21.1. The monoisotopic (exact) mass is 584 g/mol. The molecule has 0 aliphatic carbocycles. The van der Waals surface area contributed by atoms with Gasteiger partial charge in [0, 0.05) is 23.7 Å². The van der Waals surface area contributed by atoms with Crippen molar-refractivity contribution in [3.63, 3.8) is 0 Å². The van der Waals surface area contributed by atoms with Crippen LogP contribution >= 0.6 is 0 Å². The number of amides is 1. The lowest BCUT2D eigenvalue weighted by Crippen LogP contribution is -2.31. The Labute approximate surface area is 246 Å². The van der Waals surface area contributed by atoms with Gasteiger partial charge in [-0.15, -0.1) is 0 Å². The minimum atomic E-state index is -1.11. The highest BCUT2D eigenvalue weighted by molar-refractivity contribution is 5.85. The van der Waals surface area contributed by atoms with E-state index in [0.29, 0.717) is 22.6 Å². The van der Waals surface area contributed by atoms with Crippen molar-refractivity contribution in [3.8, 4) is 34.1 Å². The molecule has 0 aliphatic heterocycles. The van der Waals surface area contributed by atoms with Crippen molar-refractivity contribution in [1.29, 1.82) is 0 Å². The molecule has 11 nitrogen and oxygen atoms in total. The molecule has 1 atom stereocenters. The zero-order chi connectivity index (χ0) is 30.6. The van der Waals surface area contributed by atoms with E-state index < -0.39 is 29.5 Å². The van der Waals surface area contributed by atoms with Crippen LogP contribution in [-0.4, -0.2) is 49.1 Å². The van der Waals surface area contributed by atoms with Crippen LogP contribution in [0.5, 0.6) is 0 Å². The average Bonchev–Trinajstić information content (AvgIpc) is 3.63. The van der Waals surface area contributed by atoms with Gasteiger partial charge in [0.05, 0.1) is 11.3 Å². The minimum Gasteiger partial charge on any atom is -0.480 e. The molecule has 0 saturated carbocycles. The maximum Gasteiger partial charge on any atom is 0.412 e. The molecule has 2 aromatic heterocycles. The molecular formula is C31H29FN6O5. The van der Waals surface area contributed by atoms with Crippen molar-refractivity contribution in [2.45, 2.75) is 38.8 Å². The molecule has 43 heavy (non-hydrogen) atoms. The van der Waals surface area contributed by atoms with Gasteiger partial charge in [-0.05, 0) is 68.3 Å². The number of hydrogen-bond donors (Lipinski definition) is 4. The summed E-state index contributed by atoms with van der Waals surface area (Å²) in [6.07, 6.45) is -0.579. The Kier molecular flexibility index (Phi) is 8.19. The van der Waals surface area contributed by atoms with Crippen LogP contribution in [0.3, 0.4) is 0 Å². The van der Waals surface area contributed by atoms with E-state index in [1.807, 2.05) is 30.3 Å². The number of aromatic nitrogens is 4. The molecule has 0 bridgehead atoms. The molecule has 12 heteroatoms. The maximum atomic E-state index is 15.1. The molecule has 5 rings (SSSR count). The second kappa shape index (κ2) is 12.1. The number of H-pyrrole nitrogens is 1. The van der Waals surface area contributed by atoms with E-state index in [4.69, 9.17) is 9.26 Å². The highest BCUT2D eigenvalue weighted by Crippen LogP contribution is 2.27. The Morgan fingerprint density at radius 2 is 1.77 bits per heavy atom. The van der Waals surface area contributed by atoms with Crippen LogP contribution in [0.4, 0.5) is 20.7 Å². The van der Waals surface area contributed by atoms with E-state index in [2.05, 4.69) is 31.0 Å². The lowest BCUT2D eigenvalue weighted by molar-refractivity contribution is -0.137. The lowest BCUT2D eigenvalue weighted by Gasteiger charge is -2.19. The number of anilines is 2. The van der Waals surface area contributed by atoms with Crippen molar-refractivity contribution >= 4 is 23.6 Å². The van der Waals surface area contributed by atoms with E-state index in [1.165, 1.54) is 12.1 Å². The third-order valence-corrected chi connectivity index (χ3v) is 6.20. The number of ether oxygens (including phenoxy) is 1. The van der Waals surface area contributed by atoms with Gasteiger partial charge < -0.3 is 19.7 Å². The standard InChI is InChI=1S/C31H29FN6O5/c1-31(2,3)42-30(41)33-21-12-10-20(11-13-21)28-35-27(38-43-28)22-14-9-18(15-23(22)32)16-25(29(39)40)34-26-17-24(36-37-26)19-7-5-4-6-8-19/h4-15,17,25H,16H2,1-3H3,(H,33,41)(H,39,40)(H2,34,36,37). The molecule has 3 aromatic carbocycles. The van der Waals surface area contributed by atoms with Crippen LogP contribution in [0.1, 0.15) is 26.3 Å². The number of halogens is 1. The average molecular weight is 585 g/mol. The van der Waals surface area contributed by atoms with Crippen molar-refractivity contribution in [2.75, 3.05) is 10.6 Å². The lowest BCUT2D eigenvalue weighted by atomic mass is 10.0. The van der Waals surface area contributed by atoms with Gasteiger partial charge in [0.2, 0.25) is 5.82 Å². The van der Waals surface area contributed by atoms with Crippen molar-refractivity contribution in [2.24, 2.45) is 0 Å². The Balaban J connectivity index is 1.24. The van der Waals surface area contributed by atoms with Gasteiger partial charge in [-0.25, -0.2) is 14.0 Å². The fourth-order valence-electron chi connectivity index (χ4n) is 4.21. The van der Waals surface area contributed by atoms with Crippen LogP contribution in [0.25, 0.3) is 34.1 Å². The summed E-state index contributed by atoms with van der Waals surface area (Å²) >= 11 is 0. The zero-order valence-corrected chi connectivity index (χ0v) is 23.6. The summed E-state index contributed by atoms with van der Waals surface area (Å²) in [5.74, 6) is -1.18. The van der Waals surface area contributed by atoms with Crippen molar-refractivity contribution < 1.29 is 28.3 Å². The summed E-state index contributed by atoms with van der Waals surface area (Å²) in [5, 5.41) is 26.3. The van der Waals surface area contributed by atoms with Crippen molar-refractivity contribution in [1.82, 2.24) is 20.3 Å². The number of aromatic amines is 1. The zero-order valence-electron chi connectivity index (χ0n) is 23.6. The first kappa shape index (κ1) is 29.0. The quantitative estimate of drug-likeness (QED) is 0.154. The number of benzene rings is 3. The second-order valence-electron chi connectivity index (χ2n) is 10.7. The summed E-state index contributed by atoms with van der Waals surface area (Å²) in [4.78, 5) is 28.3. The summed E-state index contributed by atoms with van der Waals surface area (Å²) < 4.78 is 25.7. The molecule has 1 unspecified atom stereocenters. The van der Waals surface area contributed by atoms with E-state index in [-0.39, 0.29) is 23.7 Å². The number of carboxylic acids is 1. The number of rotatable bonds is 9. The number of hydrogen-bond acceptors (Lipinski definition) is 8. The molecule has 0 aliphatic rings. The highest BCUT2D eigenvalue weighted by Gasteiger charge is 2.22. The smallest absolute Gasteiger partial charge is 0.412 e. The Bertz CT molecular complexity index is 1730. The second-order valence-corrected chi connectivity index (χ2v) is 10.7. The predicted octanol–water partition coefficient (Wildman–Crippen LogP) is 6.39. The van der Waals surface area contributed by atoms with Gasteiger partial charge in [0.25, 0.3) is 5.89 Å². The summed E-state index contributed by atoms with van der Waals surface area (Å²) in [7, 11) is 0. The molecule has 0 radical (unpaired) electrons. The van der Waals surface area contributed by atoms with E-state index >= 15 is 4.39 Å². The Hall–Kier alpha value is -5.52. The van der Waals surface area contributed by atoms with E-state index in [0.717, 1.165) is 11.3 Å². The molecule has 5 aromatic rings. The van der Waals surface area contributed by atoms with Crippen LogP contribution < -0.4 is 10.6 Å². The largest absolute Gasteiger partial charge is 0.480 e. The fraction of sp³-hybridized carbons (Fsp3) is 0.194. The third kappa shape index (κ3) is 7.41. The third-order valence-electron chi connectivity index (χ3n) is 6.20. The van der Waals surface area contributed by atoms with Crippen LogP contribution in [0.15, 0.2) is 83.4 Å². The van der Waals surface area contributed by atoms with Gasteiger partial charge in [0.1, 0.15) is 23.3 Å². The normalized spacial score (nSPS) is 12.0. The van der Waals surface area contributed by atoms with E-state index in [1.54, 1.807) is 57.2 Å². The molecule has 0 saturated heterocycles. The number of nitrogens with one attached hydrogen (secondary N) is 3. The topological polar surface area (TPSA) is 155 Å². The van der Waals surface area contributed by atoms with Crippen molar-refractivity contribution in [3.05, 3.63) is 90.2 Å².